The molecule has 0 saturated heterocycles. The van der Waals surface area contributed by atoms with E-state index < -0.39 is 10.1 Å². The summed E-state index contributed by atoms with van der Waals surface area (Å²) in [7, 11) is -4.02. The number of hydrogen-bond donors (Lipinski definition) is 4. The van der Waals surface area contributed by atoms with Gasteiger partial charge in [-0.2, -0.15) is 13.4 Å². The van der Waals surface area contributed by atoms with Gasteiger partial charge in [-0.15, -0.1) is 0 Å². The quantitative estimate of drug-likeness (QED) is 0.378. The fourth-order valence-electron chi connectivity index (χ4n) is 2.25. The van der Waals surface area contributed by atoms with Crippen LogP contribution in [0.3, 0.4) is 0 Å². The van der Waals surface area contributed by atoms with Crippen molar-refractivity contribution in [2.24, 2.45) is 5.73 Å². The zero-order valence-electron chi connectivity index (χ0n) is 16.8. The summed E-state index contributed by atoms with van der Waals surface area (Å²) >= 11 is 0. The Morgan fingerprint density at radius 3 is 2.58 bits per heavy atom. The van der Waals surface area contributed by atoms with E-state index in [1.807, 2.05) is 6.92 Å². The summed E-state index contributed by atoms with van der Waals surface area (Å²) in [5.41, 5.74) is 7.87. The second-order valence-electron chi connectivity index (χ2n) is 6.35. The summed E-state index contributed by atoms with van der Waals surface area (Å²) in [6.07, 6.45) is 0.448. The molecule has 168 valence electrons. The van der Waals surface area contributed by atoms with Gasteiger partial charge in [0.25, 0.3) is 16.1 Å². The normalized spacial score (nSPS) is 11.7. The molecule has 0 aliphatic rings. The summed E-state index contributed by atoms with van der Waals surface area (Å²) in [6, 6.07) is 11.4. The predicted octanol–water partition coefficient (Wildman–Crippen LogP) is 2.66. The van der Waals surface area contributed by atoms with Gasteiger partial charge in [-0.25, -0.2) is 4.39 Å². The average Bonchev–Trinajstić information content (AvgIpc) is 3.15. The van der Waals surface area contributed by atoms with Gasteiger partial charge in [0.2, 0.25) is 0 Å². The van der Waals surface area contributed by atoms with Crippen molar-refractivity contribution >= 4 is 27.2 Å². The van der Waals surface area contributed by atoms with Crippen molar-refractivity contribution in [3.05, 3.63) is 59.9 Å². The number of nitrogens with zero attached hydrogens (tertiary/aromatic N) is 1. The molecule has 0 radical (unpaired) electrons. The van der Waals surface area contributed by atoms with E-state index >= 15 is 0 Å². The fourth-order valence-corrected chi connectivity index (χ4v) is 2.73. The van der Waals surface area contributed by atoms with Gasteiger partial charge >= 0.3 is 0 Å². The predicted molar refractivity (Wildman–Crippen MR) is 114 cm³/mol. The summed E-state index contributed by atoms with van der Waals surface area (Å²) in [4.78, 5) is 4.12. The second-order valence-corrected chi connectivity index (χ2v) is 7.77. The Labute approximate surface area is 179 Å². The first-order valence-corrected chi connectivity index (χ1v) is 10.6. The number of oxazole rings is 1. The highest BCUT2D eigenvalue weighted by Crippen LogP contribution is 2.24. The highest BCUT2D eigenvalue weighted by molar-refractivity contribution is 7.85. The van der Waals surface area contributed by atoms with Crippen LogP contribution in [0.1, 0.15) is 5.56 Å². The first-order chi connectivity index (χ1) is 14.8. The van der Waals surface area contributed by atoms with Gasteiger partial charge in [-0.05, 0) is 31.2 Å². The average molecular weight is 453 g/mol. The summed E-state index contributed by atoms with van der Waals surface area (Å²) < 4.78 is 52.8. The number of aromatic nitrogens is 1. The van der Waals surface area contributed by atoms with Crippen molar-refractivity contribution < 1.29 is 31.6 Å². The van der Waals surface area contributed by atoms with Crippen LogP contribution < -0.4 is 15.8 Å². The lowest BCUT2D eigenvalue weighted by Crippen LogP contribution is -2.10. The van der Waals surface area contributed by atoms with E-state index in [2.05, 4.69) is 10.3 Å². The molecule has 3 aromatic rings. The lowest BCUT2D eigenvalue weighted by atomic mass is 10.2. The Kier molecular flexibility index (Phi) is 8.94. The Morgan fingerprint density at radius 1 is 1.29 bits per heavy atom. The number of fused-ring (bicyclic) bond motifs is 1. The molecule has 1 heterocycles. The van der Waals surface area contributed by atoms with Gasteiger partial charge in [-0.1, -0.05) is 17.7 Å². The Bertz CT molecular complexity index is 1110. The molecule has 0 unspecified atom stereocenters. The van der Waals surface area contributed by atoms with E-state index in [1.54, 1.807) is 30.3 Å². The van der Waals surface area contributed by atoms with Crippen LogP contribution in [-0.4, -0.2) is 49.4 Å². The first kappa shape index (κ1) is 24.3. The van der Waals surface area contributed by atoms with Crippen molar-refractivity contribution in [3.63, 3.8) is 0 Å². The zero-order valence-corrected chi connectivity index (χ0v) is 17.6. The molecule has 1 aromatic heterocycles. The van der Waals surface area contributed by atoms with E-state index in [-0.39, 0.29) is 24.7 Å². The molecule has 0 aliphatic heterocycles. The minimum atomic E-state index is -4.02. The number of benzene rings is 2. The van der Waals surface area contributed by atoms with Crippen LogP contribution >= 0.6 is 0 Å². The number of aliphatic hydroxyl groups excluding tert-OH is 1. The number of hydrogen-bond acceptors (Lipinski definition) is 8. The van der Waals surface area contributed by atoms with Gasteiger partial charge < -0.3 is 25.3 Å². The van der Waals surface area contributed by atoms with Crippen LogP contribution in [0.5, 0.6) is 5.75 Å². The number of nitrogens with one attached hydrogen (secondary N) is 1. The molecule has 0 aliphatic carbocycles. The summed E-state index contributed by atoms with van der Waals surface area (Å²) in [5.74, 6) is 0.537. The summed E-state index contributed by atoms with van der Waals surface area (Å²) in [6.45, 7) is 2.38. The SMILES string of the molecule is Cc1ccc(S(=O)(=O)O)cc1.NCC(=CF)COc1ccc2nc(NCCO)oc2c1. The van der Waals surface area contributed by atoms with Crippen molar-refractivity contribution in [1.82, 2.24) is 4.98 Å². The van der Waals surface area contributed by atoms with Gasteiger partial charge in [-0.3, -0.25) is 4.55 Å². The molecule has 31 heavy (non-hydrogen) atoms. The molecule has 2 aromatic carbocycles. The minimum absolute atomic E-state index is 0.00941. The third-order valence-electron chi connectivity index (χ3n) is 3.91. The number of anilines is 1. The number of rotatable bonds is 8. The largest absolute Gasteiger partial charge is 0.489 e. The first-order valence-electron chi connectivity index (χ1n) is 9.17. The van der Waals surface area contributed by atoms with E-state index in [4.69, 9.17) is 24.5 Å². The van der Waals surface area contributed by atoms with E-state index in [0.717, 1.165) is 5.56 Å². The van der Waals surface area contributed by atoms with Gasteiger partial charge in [0.15, 0.2) is 5.58 Å². The number of ether oxygens (including phenoxy) is 1. The van der Waals surface area contributed by atoms with Crippen molar-refractivity contribution in [1.29, 1.82) is 0 Å². The molecule has 0 atom stereocenters. The molecule has 0 spiro atoms. The molecular formula is C20H24FN3O6S. The highest BCUT2D eigenvalue weighted by Gasteiger charge is 2.08. The number of nitrogens with two attached hydrogens (primary N) is 1. The van der Waals surface area contributed by atoms with Crippen molar-refractivity contribution in [3.8, 4) is 5.75 Å². The number of aryl methyl sites for hydroxylation is 1. The maximum Gasteiger partial charge on any atom is 0.295 e. The molecular weight excluding hydrogens is 429 g/mol. The molecule has 3 rings (SSSR count). The van der Waals surface area contributed by atoms with Crippen molar-refractivity contribution in [2.45, 2.75) is 11.8 Å². The smallest absolute Gasteiger partial charge is 0.295 e. The van der Waals surface area contributed by atoms with E-state index in [0.29, 0.717) is 41.3 Å². The Balaban J connectivity index is 0.000000262. The fraction of sp³-hybridized carbons (Fsp3) is 0.250. The monoisotopic (exact) mass is 453 g/mol. The zero-order chi connectivity index (χ0) is 22.9. The lowest BCUT2D eigenvalue weighted by molar-refractivity contribution is 0.310. The lowest BCUT2D eigenvalue weighted by Gasteiger charge is -2.06. The van der Waals surface area contributed by atoms with Gasteiger partial charge in [0, 0.05) is 24.7 Å². The maximum atomic E-state index is 12.4. The third kappa shape index (κ3) is 7.64. The van der Waals surface area contributed by atoms with Gasteiger partial charge in [0.1, 0.15) is 17.9 Å². The molecule has 11 heteroatoms. The molecule has 0 amide bonds. The number of halogens is 1. The highest BCUT2D eigenvalue weighted by atomic mass is 32.2. The third-order valence-corrected chi connectivity index (χ3v) is 4.78. The molecule has 0 saturated carbocycles. The Morgan fingerprint density at radius 2 is 2.00 bits per heavy atom. The van der Waals surface area contributed by atoms with Gasteiger partial charge in [0.05, 0.1) is 17.8 Å². The van der Waals surface area contributed by atoms with Crippen LogP contribution in [0, 0.1) is 6.92 Å². The molecule has 9 nitrogen and oxygen atoms in total. The van der Waals surface area contributed by atoms with Crippen LogP contribution in [0.25, 0.3) is 11.1 Å². The van der Waals surface area contributed by atoms with Crippen LogP contribution in [0.2, 0.25) is 0 Å². The number of aliphatic hydroxyl groups is 1. The Hall–Kier alpha value is -2.99. The van der Waals surface area contributed by atoms with Crippen LogP contribution in [0.15, 0.2) is 63.7 Å². The molecule has 5 N–H and O–H groups in total. The van der Waals surface area contributed by atoms with Crippen molar-refractivity contribution in [2.75, 3.05) is 31.6 Å². The van der Waals surface area contributed by atoms with E-state index in [1.165, 1.54) is 12.1 Å². The second kappa shape index (κ2) is 11.4. The molecule has 0 fully saturated rings. The summed E-state index contributed by atoms with van der Waals surface area (Å²) in [5, 5.41) is 11.5. The maximum absolute atomic E-state index is 12.4. The topological polar surface area (TPSA) is 148 Å². The minimum Gasteiger partial charge on any atom is -0.489 e. The van der Waals surface area contributed by atoms with E-state index in [9.17, 15) is 12.8 Å². The standard InChI is InChI=1S/C13H16FN3O3.C7H8O3S/c14-6-9(7-15)8-19-10-1-2-11-12(5-10)20-13(17-11)16-3-4-18;1-6-2-4-7(5-3-6)11(8,9)10/h1-2,5-6,18H,3-4,7-8,15H2,(H,16,17);2-5H,1H3,(H,8,9,10). The molecule has 0 bridgehead atoms. The van der Waals surface area contributed by atoms with Crippen LogP contribution in [-0.2, 0) is 10.1 Å². The van der Waals surface area contributed by atoms with Crippen LogP contribution in [0.4, 0.5) is 10.4 Å².